The van der Waals surface area contributed by atoms with Crippen molar-refractivity contribution in [3.05, 3.63) is 29.8 Å². The Hall–Kier alpha value is -1.44. The van der Waals surface area contributed by atoms with Gasteiger partial charge in [-0.3, -0.25) is 4.79 Å². The van der Waals surface area contributed by atoms with E-state index >= 15 is 0 Å². The predicted octanol–water partition coefficient (Wildman–Crippen LogP) is 1.72. The van der Waals surface area contributed by atoms with Gasteiger partial charge in [-0.1, -0.05) is 0 Å². The van der Waals surface area contributed by atoms with Crippen LogP contribution in [-0.4, -0.2) is 62.4 Å². The monoisotopic (exact) mass is 352 g/mol. The van der Waals surface area contributed by atoms with E-state index in [0.717, 1.165) is 25.9 Å². The fourth-order valence-corrected chi connectivity index (χ4v) is 4.85. The number of amides is 1. The number of hydrogen-bond donors (Lipinski definition) is 0. The lowest BCUT2D eigenvalue weighted by Gasteiger charge is -2.32. The van der Waals surface area contributed by atoms with Crippen molar-refractivity contribution in [1.82, 2.24) is 9.21 Å². The van der Waals surface area contributed by atoms with Crippen molar-refractivity contribution in [2.75, 3.05) is 32.8 Å². The Balaban J connectivity index is 1.77. The number of morpholine rings is 1. The van der Waals surface area contributed by atoms with Gasteiger partial charge in [0.15, 0.2) is 0 Å². The fourth-order valence-electron chi connectivity index (χ4n) is 3.25. The van der Waals surface area contributed by atoms with Gasteiger partial charge >= 0.3 is 0 Å². The molecule has 2 saturated heterocycles. The molecule has 132 valence electrons. The van der Waals surface area contributed by atoms with Gasteiger partial charge in [0.2, 0.25) is 10.0 Å². The third kappa shape index (κ3) is 3.48. The lowest BCUT2D eigenvalue weighted by atomic mass is 10.1. The average Bonchev–Trinajstić information content (AvgIpc) is 2.62. The maximum absolute atomic E-state index is 12.8. The second-order valence-corrected chi connectivity index (χ2v) is 8.31. The molecule has 0 aliphatic carbocycles. The smallest absolute Gasteiger partial charge is 0.253 e. The number of carbonyl (C=O) groups excluding carboxylic acids is 1. The van der Waals surface area contributed by atoms with E-state index < -0.39 is 10.0 Å². The Morgan fingerprint density at radius 3 is 2.38 bits per heavy atom. The highest BCUT2D eigenvalue weighted by atomic mass is 32.2. The normalized spacial score (nSPS) is 23.2. The molecule has 6 nitrogen and oxygen atoms in total. The first kappa shape index (κ1) is 17.4. The molecule has 1 amide bonds. The number of ether oxygens (including phenoxy) is 1. The molecule has 0 radical (unpaired) electrons. The topological polar surface area (TPSA) is 66.9 Å². The van der Waals surface area contributed by atoms with E-state index in [1.54, 1.807) is 12.1 Å². The minimum atomic E-state index is -3.55. The van der Waals surface area contributed by atoms with Gasteiger partial charge in [0.1, 0.15) is 0 Å². The standard InChI is InChI=1S/C17H24N2O4S/c1-14-13-23-12-11-19(14)24(21,22)16-7-5-15(6-8-16)17(20)18-9-3-2-4-10-18/h5-8,14H,2-4,9-13H2,1H3. The Morgan fingerprint density at radius 1 is 1.08 bits per heavy atom. The molecule has 3 rings (SSSR count). The van der Waals surface area contributed by atoms with Crippen LogP contribution < -0.4 is 0 Å². The summed E-state index contributed by atoms with van der Waals surface area (Å²) in [5.41, 5.74) is 0.547. The first-order chi connectivity index (χ1) is 11.5. The number of piperidine rings is 1. The van der Waals surface area contributed by atoms with Gasteiger partial charge in [0.25, 0.3) is 5.91 Å². The quantitative estimate of drug-likeness (QED) is 0.831. The van der Waals surface area contributed by atoms with Crippen LogP contribution in [0.3, 0.4) is 0 Å². The van der Waals surface area contributed by atoms with E-state index in [2.05, 4.69) is 0 Å². The second kappa shape index (κ2) is 7.21. The lowest BCUT2D eigenvalue weighted by Crippen LogP contribution is -2.46. The van der Waals surface area contributed by atoms with Crippen molar-refractivity contribution < 1.29 is 17.9 Å². The van der Waals surface area contributed by atoms with Gasteiger partial charge in [0.05, 0.1) is 18.1 Å². The Morgan fingerprint density at radius 2 is 1.75 bits per heavy atom. The molecule has 1 aromatic carbocycles. The van der Waals surface area contributed by atoms with E-state index in [9.17, 15) is 13.2 Å². The number of rotatable bonds is 3. The molecule has 7 heteroatoms. The molecular weight excluding hydrogens is 328 g/mol. The summed E-state index contributed by atoms with van der Waals surface area (Å²) in [5, 5.41) is 0. The minimum absolute atomic E-state index is 0.0154. The highest BCUT2D eigenvalue weighted by molar-refractivity contribution is 7.89. The molecule has 1 atom stereocenters. The number of likely N-dealkylation sites (tertiary alicyclic amines) is 1. The van der Waals surface area contributed by atoms with Gasteiger partial charge in [-0.05, 0) is 50.5 Å². The Bertz CT molecular complexity index is 681. The summed E-state index contributed by atoms with van der Waals surface area (Å²) in [7, 11) is -3.55. The van der Waals surface area contributed by atoms with Crippen molar-refractivity contribution in [3.63, 3.8) is 0 Å². The molecule has 0 saturated carbocycles. The third-order valence-corrected chi connectivity index (χ3v) is 6.69. The zero-order chi connectivity index (χ0) is 17.2. The van der Waals surface area contributed by atoms with Crippen LogP contribution >= 0.6 is 0 Å². The number of sulfonamides is 1. The molecule has 2 aliphatic heterocycles. The number of hydrogen-bond acceptors (Lipinski definition) is 4. The zero-order valence-corrected chi connectivity index (χ0v) is 14.8. The zero-order valence-electron chi connectivity index (χ0n) is 14.0. The SMILES string of the molecule is CC1COCCN1S(=O)(=O)c1ccc(C(=O)N2CCCCC2)cc1. The van der Waals surface area contributed by atoms with Crippen LogP contribution in [0.4, 0.5) is 0 Å². The molecule has 0 N–H and O–H groups in total. The van der Waals surface area contributed by atoms with Crippen LogP contribution in [0, 0.1) is 0 Å². The van der Waals surface area contributed by atoms with Gasteiger partial charge in [-0.2, -0.15) is 4.31 Å². The van der Waals surface area contributed by atoms with Gasteiger partial charge in [-0.25, -0.2) is 8.42 Å². The van der Waals surface area contributed by atoms with Crippen LogP contribution in [0.15, 0.2) is 29.2 Å². The molecule has 0 bridgehead atoms. The number of carbonyl (C=O) groups is 1. The second-order valence-electron chi connectivity index (χ2n) is 6.42. The minimum Gasteiger partial charge on any atom is -0.378 e. The summed E-state index contributed by atoms with van der Waals surface area (Å²) >= 11 is 0. The van der Waals surface area contributed by atoms with Gasteiger partial charge < -0.3 is 9.64 Å². The largest absolute Gasteiger partial charge is 0.378 e. The van der Waals surface area contributed by atoms with Gasteiger partial charge in [0, 0.05) is 31.2 Å². The molecule has 0 aromatic heterocycles. The molecule has 1 aromatic rings. The molecule has 24 heavy (non-hydrogen) atoms. The van der Waals surface area contributed by atoms with E-state index in [-0.39, 0.29) is 16.8 Å². The maximum atomic E-state index is 12.8. The van der Waals surface area contributed by atoms with Crippen molar-refractivity contribution >= 4 is 15.9 Å². The van der Waals surface area contributed by atoms with Crippen molar-refractivity contribution in [3.8, 4) is 0 Å². The lowest BCUT2D eigenvalue weighted by molar-refractivity contribution is 0.0393. The van der Waals surface area contributed by atoms with Crippen molar-refractivity contribution in [2.45, 2.75) is 37.1 Å². The predicted molar refractivity (Wildman–Crippen MR) is 90.4 cm³/mol. The molecule has 0 spiro atoms. The third-order valence-electron chi connectivity index (χ3n) is 4.66. The molecule has 2 heterocycles. The van der Waals surface area contributed by atoms with Gasteiger partial charge in [-0.15, -0.1) is 0 Å². The summed E-state index contributed by atoms with van der Waals surface area (Å²) in [4.78, 5) is 14.5. The molecule has 2 aliphatic rings. The Labute approximate surface area is 143 Å². The van der Waals surface area contributed by atoms with Crippen LogP contribution in [-0.2, 0) is 14.8 Å². The first-order valence-electron chi connectivity index (χ1n) is 8.49. The van der Waals surface area contributed by atoms with Crippen molar-refractivity contribution in [2.24, 2.45) is 0 Å². The van der Waals surface area contributed by atoms with Crippen LogP contribution in [0.25, 0.3) is 0 Å². The molecular formula is C17H24N2O4S. The van der Waals surface area contributed by atoms with E-state index in [0.29, 0.717) is 25.3 Å². The highest BCUT2D eigenvalue weighted by Crippen LogP contribution is 2.22. The van der Waals surface area contributed by atoms with E-state index in [1.165, 1.54) is 22.9 Å². The van der Waals surface area contributed by atoms with E-state index in [1.807, 2.05) is 11.8 Å². The summed E-state index contributed by atoms with van der Waals surface area (Å²) in [6, 6.07) is 6.13. The van der Waals surface area contributed by atoms with E-state index in [4.69, 9.17) is 4.74 Å². The number of benzene rings is 1. The molecule has 1 unspecified atom stereocenters. The summed E-state index contributed by atoms with van der Waals surface area (Å²) in [5.74, 6) is -0.0154. The fraction of sp³-hybridized carbons (Fsp3) is 0.588. The van der Waals surface area contributed by atoms with Crippen molar-refractivity contribution in [1.29, 1.82) is 0 Å². The maximum Gasteiger partial charge on any atom is 0.253 e. The summed E-state index contributed by atoms with van der Waals surface area (Å²) in [6.07, 6.45) is 3.24. The van der Waals surface area contributed by atoms with Crippen LogP contribution in [0.5, 0.6) is 0 Å². The molecule has 2 fully saturated rings. The average molecular weight is 352 g/mol. The van der Waals surface area contributed by atoms with Crippen LogP contribution in [0.2, 0.25) is 0 Å². The Kier molecular flexibility index (Phi) is 5.22. The summed E-state index contributed by atoms with van der Waals surface area (Å²) < 4.78 is 32.3. The highest BCUT2D eigenvalue weighted by Gasteiger charge is 2.31. The number of nitrogens with zero attached hydrogens (tertiary/aromatic N) is 2. The van der Waals surface area contributed by atoms with Crippen LogP contribution in [0.1, 0.15) is 36.5 Å². The first-order valence-corrected chi connectivity index (χ1v) is 9.93. The summed E-state index contributed by atoms with van der Waals surface area (Å²) in [6.45, 7) is 4.58.